The molecule has 1 atom stereocenters. The van der Waals surface area contributed by atoms with Gasteiger partial charge in [0.05, 0.1) is 35.7 Å². The first-order valence-electron chi connectivity index (χ1n) is 11.8. The lowest BCUT2D eigenvalue weighted by molar-refractivity contribution is -0.120. The lowest BCUT2D eigenvalue weighted by atomic mass is 10.0. The van der Waals surface area contributed by atoms with Gasteiger partial charge in [-0.15, -0.1) is 0 Å². The van der Waals surface area contributed by atoms with Crippen LogP contribution in [-0.2, 0) is 24.7 Å². The van der Waals surface area contributed by atoms with Crippen LogP contribution in [0.4, 0.5) is 5.69 Å². The van der Waals surface area contributed by atoms with E-state index < -0.39 is 38.4 Å². The second kappa shape index (κ2) is 11.9. The first-order valence-corrected chi connectivity index (χ1v) is 15.1. The molecule has 1 N–H and O–H groups in total. The van der Waals surface area contributed by atoms with Crippen LogP contribution < -0.4 is 19.1 Å². The first kappa shape index (κ1) is 29.0. The molecule has 0 saturated carbocycles. The van der Waals surface area contributed by atoms with E-state index in [4.69, 9.17) is 9.47 Å². The van der Waals surface area contributed by atoms with Crippen molar-refractivity contribution in [3.05, 3.63) is 77.9 Å². The molecular formula is C27H32N2O7S2. The Morgan fingerprint density at radius 3 is 1.97 bits per heavy atom. The maximum absolute atomic E-state index is 13.8. The second-order valence-electron chi connectivity index (χ2n) is 8.73. The monoisotopic (exact) mass is 560 g/mol. The molecule has 0 saturated heterocycles. The zero-order valence-corrected chi connectivity index (χ0v) is 23.6. The Kier molecular flexibility index (Phi) is 9.05. The van der Waals surface area contributed by atoms with Crippen molar-refractivity contribution in [1.82, 2.24) is 5.32 Å². The minimum Gasteiger partial charge on any atom is -0.493 e. The molecule has 0 aliphatic rings. The number of amides is 1. The molecule has 38 heavy (non-hydrogen) atoms. The fraction of sp³-hybridized carbons (Fsp3) is 0.296. The molecule has 0 aliphatic heterocycles. The minimum atomic E-state index is -4.18. The van der Waals surface area contributed by atoms with Crippen LogP contribution in [0.25, 0.3) is 0 Å². The number of sulfone groups is 1. The van der Waals surface area contributed by atoms with Crippen molar-refractivity contribution in [2.75, 3.05) is 31.3 Å². The number of anilines is 1. The predicted molar refractivity (Wildman–Crippen MR) is 146 cm³/mol. The smallest absolute Gasteiger partial charge is 0.264 e. The first-order chi connectivity index (χ1) is 17.9. The number of ether oxygens (including phenoxy) is 2. The third-order valence-corrected chi connectivity index (χ3v) is 8.90. The molecule has 0 fully saturated rings. The van der Waals surface area contributed by atoms with E-state index in [0.717, 1.165) is 16.1 Å². The minimum absolute atomic E-state index is 0.0630. The van der Waals surface area contributed by atoms with E-state index in [-0.39, 0.29) is 15.5 Å². The molecule has 0 radical (unpaired) electrons. The van der Waals surface area contributed by atoms with Crippen LogP contribution in [0.2, 0.25) is 0 Å². The van der Waals surface area contributed by atoms with Crippen LogP contribution in [0, 0.1) is 6.92 Å². The molecule has 3 rings (SSSR count). The lowest BCUT2D eigenvalue weighted by Gasteiger charge is -2.26. The summed E-state index contributed by atoms with van der Waals surface area (Å²) in [4.78, 5) is 13.3. The van der Waals surface area contributed by atoms with Gasteiger partial charge >= 0.3 is 0 Å². The summed E-state index contributed by atoms with van der Waals surface area (Å²) in [5.41, 5.74) is 1.97. The van der Waals surface area contributed by atoms with Crippen molar-refractivity contribution in [2.24, 2.45) is 0 Å². The quantitative estimate of drug-likeness (QED) is 0.378. The molecule has 0 spiro atoms. The van der Waals surface area contributed by atoms with Gasteiger partial charge in [-0.05, 0) is 55.3 Å². The Labute approximate surface area is 224 Å². The number of carbonyl (C=O) groups is 1. The zero-order chi connectivity index (χ0) is 28.1. The molecule has 0 heterocycles. The van der Waals surface area contributed by atoms with Crippen LogP contribution in [0.1, 0.15) is 30.5 Å². The van der Waals surface area contributed by atoms with Gasteiger partial charge in [0.15, 0.2) is 21.3 Å². The van der Waals surface area contributed by atoms with Crippen LogP contribution in [0.15, 0.2) is 76.5 Å². The van der Waals surface area contributed by atoms with Crippen LogP contribution in [-0.4, -0.2) is 49.8 Å². The largest absolute Gasteiger partial charge is 0.493 e. The van der Waals surface area contributed by atoms with E-state index in [1.54, 1.807) is 36.4 Å². The summed E-state index contributed by atoms with van der Waals surface area (Å²) in [6.45, 7) is 3.27. The van der Waals surface area contributed by atoms with E-state index in [1.165, 1.54) is 44.6 Å². The van der Waals surface area contributed by atoms with E-state index in [2.05, 4.69) is 5.32 Å². The van der Waals surface area contributed by atoms with Gasteiger partial charge in [-0.3, -0.25) is 9.10 Å². The summed E-state index contributed by atoms with van der Waals surface area (Å²) >= 11 is 0. The Bertz CT molecular complexity index is 1490. The highest BCUT2D eigenvalue weighted by molar-refractivity contribution is 7.93. The molecule has 0 bridgehead atoms. The Morgan fingerprint density at radius 1 is 0.868 bits per heavy atom. The summed E-state index contributed by atoms with van der Waals surface area (Å²) in [7, 11) is -4.67. The molecule has 3 aromatic carbocycles. The maximum atomic E-state index is 13.8. The molecule has 0 aromatic heterocycles. The van der Waals surface area contributed by atoms with Crippen LogP contribution >= 0.6 is 0 Å². The average molecular weight is 561 g/mol. The third kappa shape index (κ3) is 6.65. The van der Waals surface area contributed by atoms with Crippen molar-refractivity contribution in [3.63, 3.8) is 0 Å². The van der Waals surface area contributed by atoms with Gasteiger partial charge < -0.3 is 14.8 Å². The fourth-order valence-electron chi connectivity index (χ4n) is 3.87. The summed E-state index contributed by atoms with van der Waals surface area (Å²) in [5.74, 6) is 0.0953. The molecule has 1 amide bonds. The highest BCUT2D eigenvalue weighted by Crippen LogP contribution is 2.32. The number of sulfonamides is 1. The van der Waals surface area contributed by atoms with E-state index in [1.807, 2.05) is 13.8 Å². The normalized spacial score (nSPS) is 12.4. The SMILES string of the molecule is CCC(NC(=O)CN(c1ccc(C)cc1)S(=O)(=O)c1ccc(OC)c(OC)c1)c1ccc(S(C)(=O)=O)cc1. The Balaban J connectivity index is 1.93. The average Bonchev–Trinajstić information content (AvgIpc) is 2.90. The summed E-state index contributed by atoms with van der Waals surface area (Å²) in [5, 5.41) is 2.88. The number of hydrogen-bond donors (Lipinski definition) is 1. The number of methoxy groups -OCH3 is 2. The molecule has 1 unspecified atom stereocenters. The summed E-state index contributed by atoms with van der Waals surface area (Å²) in [6, 6.07) is 16.9. The number of hydrogen-bond acceptors (Lipinski definition) is 7. The zero-order valence-electron chi connectivity index (χ0n) is 22.0. The molecule has 9 nitrogen and oxygen atoms in total. The highest BCUT2D eigenvalue weighted by atomic mass is 32.2. The van der Waals surface area contributed by atoms with Gasteiger partial charge in [0.25, 0.3) is 10.0 Å². The van der Waals surface area contributed by atoms with Crippen molar-refractivity contribution >= 4 is 31.5 Å². The fourth-order valence-corrected chi connectivity index (χ4v) is 5.94. The number of carbonyl (C=O) groups excluding carboxylic acids is 1. The summed E-state index contributed by atoms with van der Waals surface area (Å²) in [6.07, 6.45) is 1.64. The van der Waals surface area contributed by atoms with Crippen LogP contribution in [0.3, 0.4) is 0 Å². The number of nitrogens with one attached hydrogen (secondary N) is 1. The van der Waals surface area contributed by atoms with Gasteiger partial charge in [0, 0.05) is 12.3 Å². The topological polar surface area (TPSA) is 119 Å². The number of benzene rings is 3. The van der Waals surface area contributed by atoms with Gasteiger partial charge in [-0.25, -0.2) is 16.8 Å². The van der Waals surface area contributed by atoms with Crippen molar-refractivity contribution in [1.29, 1.82) is 0 Å². The Morgan fingerprint density at radius 2 is 1.45 bits per heavy atom. The maximum Gasteiger partial charge on any atom is 0.264 e. The van der Waals surface area contributed by atoms with Gasteiger partial charge in [0.2, 0.25) is 5.91 Å². The highest BCUT2D eigenvalue weighted by Gasteiger charge is 2.29. The molecular weight excluding hydrogens is 528 g/mol. The number of nitrogens with zero attached hydrogens (tertiary/aromatic N) is 1. The lowest BCUT2D eigenvalue weighted by Crippen LogP contribution is -2.42. The molecule has 204 valence electrons. The van der Waals surface area contributed by atoms with Gasteiger partial charge in [-0.1, -0.05) is 36.8 Å². The van der Waals surface area contributed by atoms with Crippen molar-refractivity contribution in [3.8, 4) is 11.5 Å². The number of aryl methyl sites for hydroxylation is 1. The van der Waals surface area contributed by atoms with E-state index in [9.17, 15) is 21.6 Å². The number of rotatable bonds is 11. The summed E-state index contributed by atoms with van der Waals surface area (Å²) < 4.78 is 62.6. The molecule has 0 aliphatic carbocycles. The van der Waals surface area contributed by atoms with Gasteiger partial charge in [-0.2, -0.15) is 0 Å². The van der Waals surface area contributed by atoms with Gasteiger partial charge in [0.1, 0.15) is 6.54 Å². The standard InChI is InChI=1S/C27H32N2O7S2/c1-6-24(20-9-13-22(14-10-20)37(5,31)32)28-27(30)18-29(21-11-7-19(2)8-12-21)38(33,34)23-15-16-25(35-3)26(17-23)36-4/h7-17,24H,6,18H2,1-5H3,(H,28,30). The second-order valence-corrected chi connectivity index (χ2v) is 12.6. The van der Waals surface area contributed by atoms with Crippen molar-refractivity contribution < 1.29 is 31.1 Å². The van der Waals surface area contributed by atoms with E-state index >= 15 is 0 Å². The predicted octanol–water partition coefficient (Wildman–Crippen LogP) is 3.88. The molecule has 11 heteroatoms. The van der Waals surface area contributed by atoms with Crippen molar-refractivity contribution in [2.45, 2.75) is 36.1 Å². The third-order valence-electron chi connectivity index (χ3n) is 6.01. The van der Waals surface area contributed by atoms with E-state index in [0.29, 0.717) is 23.4 Å². The molecule has 3 aromatic rings. The van der Waals surface area contributed by atoms with Crippen LogP contribution in [0.5, 0.6) is 11.5 Å². The Hall–Kier alpha value is -3.57.